The normalized spacial score (nSPS) is 30.9. The standard InChI is InChI=1S/C15H16BrNO3/c1-15(12(16)10-6-3-2-4-7-10)14(19)17-9-5-8-11(17)13(18)20-15/h2-4,6-7,11-12H,5,8-9H2,1H3/t11-,12-,15+/m0/s1. The smallest absolute Gasteiger partial charge is 0.329 e. The number of cyclic esters (lactones) is 1. The Kier molecular flexibility index (Phi) is 3.32. The summed E-state index contributed by atoms with van der Waals surface area (Å²) in [5, 5.41) is 0. The molecule has 0 radical (unpaired) electrons. The number of amides is 1. The van der Waals surface area contributed by atoms with E-state index in [0.717, 1.165) is 12.0 Å². The molecule has 2 heterocycles. The zero-order chi connectivity index (χ0) is 14.3. The predicted molar refractivity (Wildman–Crippen MR) is 77.3 cm³/mol. The summed E-state index contributed by atoms with van der Waals surface area (Å²) < 4.78 is 5.54. The fourth-order valence-corrected chi connectivity index (χ4v) is 3.56. The van der Waals surface area contributed by atoms with E-state index in [1.54, 1.807) is 11.8 Å². The van der Waals surface area contributed by atoms with E-state index >= 15 is 0 Å². The maximum atomic E-state index is 12.7. The van der Waals surface area contributed by atoms with Gasteiger partial charge in [-0.1, -0.05) is 46.3 Å². The number of benzene rings is 1. The van der Waals surface area contributed by atoms with Crippen molar-refractivity contribution in [2.24, 2.45) is 0 Å². The summed E-state index contributed by atoms with van der Waals surface area (Å²) in [7, 11) is 0. The van der Waals surface area contributed by atoms with Crippen LogP contribution in [0.5, 0.6) is 0 Å². The minimum atomic E-state index is -1.18. The minimum Gasteiger partial charge on any atom is -0.446 e. The third-order valence-electron chi connectivity index (χ3n) is 4.10. The Morgan fingerprint density at radius 3 is 2.75 bits per heavy atom. The molecule has 1 aromatic rings. The summed E-state index contributed by atoms with van der Waals surface area (Å²) in [4.78, 5) is 26.2. The first kappa shape index (κ1) is 13.6. The number of esters is 1. The second-order valence-corrected chi connectivity index (χ2v) is 6.37. The first-order valence-electron chi connectivity index (χ1n) is 6.77. The lowest BCUT2D eigenvalue weighted by molar-refractivity contribution is -0.188. The summed E-state index contributed by atoms with van der Waals surface area (Å²) >= 11 is 3.54. The van der Waals surface area contributed by atoms with Crippen molar-refractivity contribution >= 4 is 27.8 Å². The number of fused-ring (bicyclic) bond motifs is 1. The average Bonchev–Trinajstić information content (AvgIpc) is 2.95. The number of ether oxygens (including phenoxy) is 1. The fourth-order valence-electron chi connectivity index (χ4n) is 2.96. The quantitative estimate of drug-likeness (QED) is 0.615. The number of carbonyl (C=O) groups is 2. The van der Waals surface area contributed by atoms with Gasteiger partial charge in [0, 0.05) is 6.54 Å². The maximum absolute atomic E-state index is 12.7. The molecule has 2 saturated heterocycles. The van der Waals surface area contributed by atoms with Gasteiger partial charge in [-0.05, 0) is 25.3 Å². The molecule has 1 aromatic carbocycles. The molecule has 2 aliphatic rings. The molecule has 106 valence electrons. The van der Waals surface area contributed by atoms with Gasteiger partial charge in [0.25, 0.3) is 5.91 Å². The Hall–Kier alpha value is -1.36. The number of halogens is 1. The molecule has 2 aliphatic heterocycles. The van der Waals surface area contributed by atoms with Crippen molar-refractivity contribution in [1.82, 2.24) is 4.90 Å². The van der Waals surface area contributed by atoms with Crippen LogP contribution in [0.3, 0.4) is 0 Å². The third kappa shape index (κ3) is 1.95. The van der Waals surface area contributed by atoms with Crippen molar-refractivity contribution in [1.29, 1.82) is 0 Å². The highest BCUT2D eigenvalue weighted by Gasteiger charge is 2.55. The first-order chi connectivity index (χ1) is 9.54. The van der Waals surface area contributed by atoms with Crippen molar-refractivity contribution in [2.75, 3.05) is 6.54 Å². The van der Waals surface area contributed by atoms with Crippen LogP contribution < -0.4 is 0 Å². The van der Waals surface area contributed by atoms with Gasteiger partial charge in [-0.15, -0.1) is 0 Å². The fraction of sp³-hybridized carbons (Fsp3) is 0.467. The minimum absolute atomic E-state index is 0.106. The van der Waals surface area contributed by atoms with Gasteiger partial charge in [-0.2, -0.15) is 0 Å². The zero-order valence-electron chi connectivity index (χ0n) is 11.2. The van der Waals surface area contributed by atoms with Crippen LogP contribution in [0.25, 0.3) is 0 Å². The first-order valence-corrected chi connectivity index (χ1v) is 7.68. The van der Waals surface area contributed by atoms with E-state index in [1.807, 2.05) is 30.3 Å². The molecule has 0 unspecified atom stereocenters. The molecule has 4 nitrogen and oxygen atoms in total. The topological polar surface area (TPSA) is 46.6 Å². The van der Waals surface area contributed by atoms with Crippen molar-refractivity contribution in [3.63, 3.8) is 0 Å². The van der Waals surface area contributed by atoms with E-state index in [2.05, 4.69) is 15.9 Å². The second kappa shape index (κ2) is 4.88. The molecule has 0 bridgehead atoms. The molecular formula is C15H16BrNO3. The van der Waals surface area contributed by atoms with Crippen molar-refractivity contribution in [3.8, 4) is 0 Å². The number of hydrogen-bond donors (Lipinski definition) is 0. The molecule has 0 aromatic heterocycles. The molecule has 3 rings (SSSR count). The Morgan fingerprint density at radius 1 is 1.35 bits per heavy atom. The molecule has 0 aliphatic carbocycles. The zero-order valence-corrected chi connectivity index (χ0v) is 12.8. The largest absolute Gasteiger partial charge is 0.446 e. The van der Waals surface area contributed by atoms with Crippen LogP contribution in [0.15, 0.2) is 30.3 Å². The molecule has 5 heteroatoms. The van der Waals surface area contributed by atoms with E-state index in [9.17, 15) is 9.59 Å². The van der Waals surface area contributed by atoms with Gasteiger partial charge in [0.1, 0.15) is 6.04 Å². The molecule has 1 amide bonds. The van der Waals surface area contributed by atoms with E-state index in [0.29, 0.717) is 13.0 Å². The van der Waals surface area contributed by atoms with Gasteiger partial charge >= 0.3 is 5.97 Å². The number of carbonyl (C=O) groups excluding carboxylic acids is 2. The molecule has 0 saturated carbocycles. The molecule has 3 atom stereocenters. The molecule has 2 fully saturated rings. The molecule has 20 heavy (non-hydrogen) atoms. The van der Waals surface area contributed by atoms with Gasteiger partial charge in [0.2, 0.25) is 5.60 Å². The van der Waals surface area contributed by atoms with Crippen LogP contribution in [-0.4, -0.2) is 35.0 Å². The average molecular weight is 338 g/mol. The highest BCUT2D eigenvalue weighted by atomic mass is 79.9. The predicted octanol–water partition coefficient (Wildman–Crippen LogP) is 2.43. The highest BCUT2D eigenvalue weighted by Crippen LogP contribution is 2.42. The lowest BCUT2D eigenvalue weighted by Crippen LogP contribution is -2.61. The SMILES string of the molecule is C[C@]1([C@@H](Br)c2ccccc2)OC(=O)[C@@H]2CCCN2C1=O. The van der Waals surface area contributed by atoms with Gasteiger partial charge in [-0.25, -0.2) is 4.79 Å². The van der Waals surface area contributed by atoms with Crippen LogP contribution >= 0.6 is 15.9 Å². The van der Waals surface area contributed by atoms with Gasteiger partial charge in [-0.3, -0.25) is 4.79 Å². The second-order valence-electron chi connectivity index (χ2n) is 5.46. The highest BCUT2D eigenvalue weighted by molar-refractivity contribution is 9.09. The van der Waals surface area contributed by atoms with Crippen LogP contribution in [0.1, 0.15) is 30.2 Å². The van der Waals surface area contributed by atoms with Crippen LogP contribution in [0, 0.1) is 0 Å². The van der Waals surface area contributed by atoms with Gasteiger partial charge < -0.3 is 9.64 Å². The summed E-state index contributed by atoms with van der Waals surface area (Å²) in [6, 6.07) is 9.17. The third-order valence-corrected chi connectivity index (χ3v) is 5.50. The molecular weight excluding hydrogens is 322 g/mol. The molecule has 0 N–H and O–H groups in total. The number of rotatable bonds is 2. The van der Waals surface area contributed by atoms with Crippen molar-refractivity contribution < 1.29 is 14.3 Å². The lowest BCUT2D eigenvalue weighted by Gasteiger charge is -2.42. The number of alkyl halides is 1. The monoisotopic (exact) mass is 337 g/mol. The van der Waals surface area contributed by atoms with Crippen LogP contribution in [0.4, 0.5) is 0 Å². The Morgan fingerprint density at radius 2 is 2.05 bits per heavy atom. The lowest BCUT2D eigenvalue weighted by atomic mass is 9.92. The summed E-state index contributed by atoms with van der Waals surface area (Å²) in [5.41, 5.74) is -0.256. The van der Waals surface area contributed by atoms with Crippen molar-refractivity contribution in [3.05, 3.63) is 35.9 Å². The van der Waals surface area contributed by atoms with E-state index in [1.165, 1.54) is 0 Å². The number of hydrogen-bond acceptors (Lipinski definition) is 3. The summed E-state index contributed by atoms with van der Waals surface area (Å²) in [5.74, 6) is -0.393. The van der Waals surface area contributed by atoms with Crippen LogP contribution in [-0.2, 0) is 14.3 Å². The summed E-state index contributed by atoms with van der Waals surface area (Å²) in [6.45, 7) is 2.33. The Balaban J connectivity index is 1.94. The summed E-state index contributed by atoms with van der Waals surface area (Å²) in [6.07, 6.45) is 1.57. The molecule has 0 spiro atoms. The maximum Gasteiger partial charge on any atom is 0.329 e. The van der Waals surface area contributed by atoms with Gasteiger partial charge in [0.05, 0.1) is 4.83 Å². The number of morpholine rings is 1. The van der Waals surface area contributed by atoms with E-state index in [-0.39, 0.29) is 22.7 Å². The van der Waals surface area contributed by atoms with E-state index in [4.69, 9.17) is 4.74 Å². The van der Waals surface area contributed by atoms with Crippen molar-refractivity contribution in [2.45, 2.75) is 36.2 Å². The van der Waals surface area contributed by atoms with Crippen LogP contribution in [0.2, 0.25) is 0 Å². The Labute approximate surface area is 126 Å². The Bertz CT molecular complexity index is 547. The van der Waals surface area contributed by atoms with E-state index < -0.39 is 5.60 Å². The van der Waals surface area contributed by atoms with Gasteiger partial charge in [0.15, 0.2) is 0 Å². The number of nitrogens with zero attached hydrogens (tertiary/aromatic N) is 1.